The normalized spacial score (nSPS) is 29.9. The van der Waals surface area contributed by atoms with Crippen LogP contribution >= 0.6 is 0 Å². The fraction of sp³-hybridized carbons (Fsp3) is 0.600. The van der Waals surface area contributed by atoms with Gasteiger partial charge in [-0.1, -0.05) is 0 Å². The van der Waals surface area contributed by atoms with E-state index in [1.807, 2.05) is 0 Å². The van der Waals surface area contributed by atoms with Crippen LogP contribution in [0.4, 0.5) is 11.8 Å². The summed E-state index contributed by atoms with van der Waals surface area (Å²) in [5, 5.41) is 0. The lowest BCUT2D eigenvalue weighted by atomic mass is 9.77. The highest BCUT2D eigenvalue weighted by Crippen LogP contribution is 2.41. The Hall–Kier alpha value is -1.32. The Labute approximate surface area is 83.1 Å². The summed E-state index contributed by atoms with van der Waals surface area (Å²) < 4.78 is 0. The zero-order chi connectivity index (χ0) is 9.54. The van der Waals surface area contributed by atoms with Gasteiger partial charge in [-0.3, -0.25) is 0 Å². The van der Waals surface area contributed by atoms with Gasteiger partial charge in [0.05, 0.1) is 0 Å². The van der Waals surface area contributed by atoms with Gasteiger partial charge in [-0.25, -0.2) is 4.98 Å². The van der Waals surface area contributed by atoms with Gasteiger partial charge in [-0.05, 0) is 30.7 Å². The van der Waals surface area contributed by atoms with E-state index in [0.29, 0.717) is 5.82 Å². The maximum atomic E-state index is 5.63. The molecule has 0 amide bonds. The number of hydrogen-bond acceptors (Lipinski definition) is 4. The summed E-state index contributed by atoms with van der Waals surface area (Å²) in [5.74, 6) is 3.15. The lowest BCUT2D eigenvalue weighted by molar-refractivity contribution is 0.243. The molecule has 2 N–H and O–H groups in total. The second-order valence-electron chi connectivity index (χ2n) is 4.28. The highest BCUT2D eigenvalue weighted by atomic mass is 15.3. The topological polar surface area (TPSA) is 55.0 Å². The molecule has 1 aromatic rings. The highest BCUT2D eigenvalue weighted by Gasteiger charge is 2.39. The fourth-order valence-electron chi connectivity index (χ4n) is 2.44. The number of rotatable bonds is 1. The zero-order valence-electron chi connectivity index (χ0n) is 8.06. The molecule has 0 spiro atoms. The average molecular weight is 190 g/mol. The first-order chi connectivity index (χ1) is 6.83. The molecule has 0 radical (unpaired) electrons. The van der Waals surface area contributed by atoms with Crippen molar-refractivity contribution in [3.8, 4) is 0 Å². The van der Waals surface area contributed by atoms with Crippen molar-refractivity contribution in [2.75, 3.05) is 23.7 Å². The predicted octanol–water partition coefficient (Wildman–Crippen LogP) is 0.905. The molecule has 1 aromatic heterocycles. The lowest BCUT2D eigenvalue weighted by Gasteiger charge is -2.27. The third-order valence-electron chi connectivity index (χ3n) is 3.43. The Morgan fingerprint density at radius 2 is 2.00 bits per heavy atom. The molecule has 74 valence electrons. The van der Waals surface area contributed by atoms with E-state index in [-0.39, 0.29) is 0 Å². The van der Waals surface area contributed by atoms with E-state index in [0.717, 1.165) is 30.9 Å². The van der Waals surface area contributed by atoms with Crippen molar-refractivity contribution < 1.29 is 0 Å². The maximum absolute atomic E-state index is 5.63. The van der Waals surface area contributed by atoms with Crippen LogP contribution in [0.15, 0.2) is 12.3 Å². The van der Waals surface area contributed by atoms with E-state index in [2.05, 4.69) is 14.9 Å². The molecule has 0 bridgehead atoms. The molecule has 2 atom stereocenters. The van der Waals surface area contributed by atoms with Crippen molar-refractivity contribution >= 4 is 11.8 Å². The molecule has 3 rings (SSSR count). The third kappa shape index (κ3) is 1.14. The highest BCUT2D eigenvalue weighted by molar-refractivity contribution is 5.39. The van der Waals surface area contributed by atoms with Gasteiger partial charge in [-0.2, -0.15) is 4.98 Å². The molecule has 1 saturated heterocycles. The van der Waals surface area contributed by atoms with Gasteiger partial charge in [0.2, 0.25) is 5.95 Å². The minimum Gasteiger partial charge on any atom is -0.384 e. The van der Waals surface area contributed by atoms with E-state index in [1.54, 1.807) is 12.3 Å². The molecule has 2 heterocycles. The van der Waals surface area contributed by atoms with Gasteiger partial charge in [0.15, 0.2) is 0 Å². The molecule has 4 heteroatoms. The van der Waals surface area contributed by atoms with E-state index >= 15 is 0 Å². The van der Waals surface area contributed by atoms with E-state index in [9.17, 15) is 0 Å². The van der Waals surface area contributed by atoms with Gasteiger partial charge < -0.3 is 10.6 Å². The average Bonchev–Trinajstić information content (AvgIpc) is 2.43. The smallest absolute Gasteiger partial charge is 0.227 e. The summed E-state index contributed by atoms with van der Waals surface area (Å²) in [6, 6.07) is 1.73. The van der Waals surface area contributed by atoms with Crippen LogP contribution in [0, 0.1) is 11.8 Å². The lowest BCUT2D eigenvalue weighted by Crippen LogP contribution is -2.22. The monoisotopic (exact) mass is 190 g/mol. The first-order valence-electron chi connectivity index (χ1n) is 5.16. The van der Waals surface area contributed by atoms with Crippen molar-refractivity contribution in [2.45, 2.75) is 12.8 Å². The molecule has 14 heavy (non-hydrogen) atoms. The van der Waals surface area contributed by atoms with E-state index < -0.39 is 0 Å². The molecular weight excluding hydrogens is 176 g/mol. The van der Waals surface area contributed by atoms with Crippen molar-refractivity contribution in [3.63, 3.8) is 0 Å². The largest absolute Gasteiger partial charge is 0.384 e. The van der Waals surface area contributed by atoms with Crippen LogP contribution < -0.4 is 10.6 Å². The third-order valence-corrected chi connectivity index (χ3v) is 3.43. The maximum Gasteiger partial charge on any atom is 0.227 e. The molecule has 4 nitrogen and oxygen atoms in total. The molecule has 2 aliphatic rings. The summed E-state index contributed by atoms with van der Waals surface area (Å²) in [6.07, 6.45) is 4.49. The minimum absolute atomic E-state index is 0.564. The van der Waals surface area contributed by atoms with Crippen LogP contribution in [-0.2, 0) is 0 Å². The molecule has 1 saturated carbocycles. The Bertz CT molecular complexity index is 340. The predicted molar refractivity (Wildman–Crippen MR) is 54.9 cm³/mol. The summed E-state index contributed by atoms with van der Waals surface area (Å²) >= 11 is 0. The molecule has 0 aromatic carbocycles. The van der Waals surface area contributed by atoms with Crippen LogP contribution in [0.25, 0.3) is 0 Å². The number of fused-ring (bicyclic) bond motifs is 1. The van der Waals surface area contributed by atoms with Crippen LogP contribution in [0.2, 0.25) is 0 Å². The van der Waals surface area contributed by atoms with E-state index in [1.165, 1.54) is 12.8 Å². The van der Waals surface area contributed by atoms with Gasteiger partial charge >= 0.3 is 0 Å². The molecule has 1 aliphatic heterocycles. The number of nitrogen functional groups attached to an aromatic ring is 1. The fourth-order valence-corrected chi connectivity index (χ4v) is 2.44. The Morgan fingerprint density at radius 3 is 2.57 bits per heavy atom. The summed E-state index contributed by atoms with van der Waals surface area (Å²) in [7, 11) is 0. The van der Waals surface area contributed by atoms with Crippen molar-refractivity contribution in [1.82, 2.24) is 9.97 Å². The Morgan fingerprint density at radius 1 is 1.29 bits per heavy atom. The quantitative estimate of drug-likeness (QED) is 0.715. The van der Waals surface area contributed by atoms with Gasteiger partial charge in [0, 0.05) is 19.3 Å². The molecule has 2 fully saturated rings. The minimum atomic E-state index is 0.564. The molecular formula is C10H14N4. The Balaban J connectivity index is 1.82. The Kier molecular flexibility index (Phi) is 1.63. The number of anilines is 2. The van der Waals surface area contributed by atoms with Crippen molar-refractivity contribution in [3.05, 3.63) is 12.3 Å². The summed E-state index contributed by atoms with van der Waals surface area (Å²) in [4.78, 5) is 10.8. The molecule has 1 aliphatic carbocycles. The standard InChI is InChI=1S/C10H14N4/c11-9-3-4-12-10(13-9)14-5-7-1-2-8(7)6-14/h3-4,7-8H,1-2,5-6H2,(H2,11,12,13). The van der Waals surface area contributed by atoms with Gasteiger partial charge in [-0.15, -0.1) is 0 Å². The number of aromatic nitrogens is 2. The summed E-state index contributed by atoms with van der Waals surface area (Å²) in [6.45, 7) is 2.24. The summed E-state index contributed by atoms with van der Waals surface area (Å²) in [5.41, 5.74) is 5.63. The van der Waals surface area contributed by atoms with Crippen LogP contribution in [0.5, 0.6) is 0 Å². The van der Waals surface area contributed by atoms with Crippen molar-refractivity contribution in [2.24, 2.45) is 11.8 Å². The van der Waals surface area contributed by atoms with E-state index in [4.69, 9.17) is 5.73 Å². The van der Waals surface area contributed by atoms with Crippen LogP contribution in [0.1, 0.15) is 12.8 Å². The van der Waals surface area contributed by atoms with Crippen LogP contribution in [0.3, 0.4) is 0 Å². The second-order valence-corrected chi connectivity index (χ2v) is 4.28. The molecule has 2 unspecified atom stereocenters. The SMILES string of the molecule is Nc1ccnc(N2CC3CCC3C2)n1. The van der Waals surface area contributed by atoms with Gasteiger partial charge in [0.1, 0.15) is 5.82 Å². The number of nitrogens with zero attached hydrogens (tertiary/aromatic N) is 3. The second kappa shape index (κ2) is 2.83. The van der Waals surface area contributed by atoms with Gasteiger partial charge in [0.25, 0.3) is 0 Å². The first kappa shape index (κ1) is 8.03. The van der Waals surface area contributed by atoms with Crippen LogP contribution in [-0.4, -0.2) is 23.1 Å². The number of hydrogen-bond donors (Lipinski definition) is 1. The van der Waals surface area contributed by atoms with Crippen molar-refractivity contribution in [1.29, 1.82) is 0 Å². The first-order valence-corrected chi connectivity index (χ1v) is 5.16. The number of nitrogens with two attached hydrogens (primary N) is 1. The zero-order valence-corrected chi connectivity index (χ0v) is 8.06.